The van der Waals surface area contributed by atoms with Gasteiger partial charge in [-0.15, -0.1) is 0 Å². The van der Waals surface area contributed by atoms with Crippen LogP contribution in [0.15, 0.2) is 83.9 Å². The number of nitrogens with one attached hydrogen (secondary N) is 2. The Morgan fingerprint density at radius 3 is 1.90 bits per heavy atom. The zero-order chi connectivity index (χ0) is 62.0. The first-order valence-electron chi connectivity index (χ1n) is 25.6. The van der Waals surface area contributed by atoms with Crippen LogP contribution in [0.4, 0.5) is 26.8 Å². The first kappa shape index (κ1) is 67.7. The summed E-state index contributed by atoms with van der Waals surface area (Å²) in [7, 11) is -0.934. The van der Waals surface area contributed by atoms with E-state index in [0.29, 0.717) is 51.9 Å². The van der Waals surface area contributed by atoms with Gasteiger partial charge in [-0.1, -0.05) is 67.3 Å². The van der Waals surface area contributed by atoms with Gasteiger partial charge in [-0.3, -0.25) is 18.7 Å². The maximum Gasteiger partial charge on any atom is 0.496 e. The number of thioether (sulfide) groups is 1. The van der Waals surface area contributed by atoms with Crippen molar-refractivity contribution >= 4 is 107 Å². The van der Waals surface area contributed by atoms with Crippen molar-refractivity contribution in [2.24, 2.45) is 14.1 Å². The topological polar surface area (TPSA) is 250 Å². The van der Waals surface area contributed by atoms with Crippen LogP contribution in [0.3, 0.4) is 0 Å². The third-order valence-electron chi connectivity index (χ3n) is 13.8. The van der Waals surface area contributed by atoms with Gasteiger partial charge < -0.3 is 34.0 Å². The van der Waals surface area contributed by atoms with Crippen molar-refractivity contribution in [2.45, 2.75) is 121 Å². The Balaban J connectivity index is 0.000000222. The van der Waals surface area contributed by atoms with Crippen molar-refractivity contribution in [1.82, 2.24) is 58.9 Å². The number of benzene rings is 1. The number of ether oxygens (including phenoxy) is 1. The molecule has 30 heteroatoms. The van der Waals surface area contributed by atoms with E-state index in [0.717, 1.165) is 39.5 Å². The normalized spacial score (nSPS) is 14.6. The Bertz CT molecular complexity index is 3480. The summed E-state index contributed by atoms with van der Waals surface area (Å²) in [5.41, 5.74) is 3.76. The predicted octanol–water partition coefficient (Wildman–Crippen LogP) is 10.4. The number of aromatic nitrogens is 11. The minimum absolute atomic E-state index is 0.00476. The summed E-state index contributed by atoms with van der Waals surface area (Å²) >= 11 is 18.7. The minimum atomic E-state index is -3.35. The quantitative estimate of drug-likeness (QED) is 0.0358. The molecule has 2 aliphatic rings. The summed E-state index contributed by atoms with van der Waals surface area (Å²) < 4.78 is 65.5. The van der Waals surface area contributed by atoms with E-state index in [9.17, 15) is 22.4 Å². The van der Waals surface area contributed by atoms with E-state index in [1.165, 1.54) is 37.2 Å². The molecule has 1 aromatic carbocycles. The Hall–Kier alpha value is -6.04. The fraction of sp³-hybridized carbons (Fsp3) is 0.434. The summed E-state index contributed by atoms with van der Waals surface area (Å²) in [6.45, 7) is 24.9. The fourth-order valence-electron chi connectivity index (χ4n) is 7.09. The summed E-state index contributed by atoms with van der Waals surface area (Å²) in [6.07, 6.45) is 13.5. The molecule has 0 spiro atoms. The largest absolute Gasteiger partial charge is 0.497 e. The average Bonchev–Trinajstić information content (AvgIpc) is 2.35. The van der Waals surface area contributed by atoms with Gasteiger partial charge in [0.1, 0.15) is 38.7 Å². The first-order chi connectivity index (χ1) is 38.6. The van der Waals surface area contributed by atoms with E-state index in [1.54, 1.807) is 75.9 Å². The SMILES string of the molecule is COc1cc(F)cc([C@@H](CO[Si](C)(C)C(C)(C)C)N2Cc3cc(B4OC(C)(C)C(C)(C)O4)cn3C2=O)c1.CSc1ncc(C)c(Cl)n1.Cc1cnc(Nc2ccnn2C)nc1Cl.Cc1cnc(S(C)(=O)=O)nc1Cl.Cn1nccc1NC=O. The van der Waals surface area contributed by atoms with Crippen LogP contribution in [-0.2, 0) is 49.0 Å². The number of hydrogen-bond donors (Lipinski definition) is 2. The Morgan fingerprint density at radius 2 is 1.42 bits per heavy atom. The molecule has 0 saturated carbocycles. The van der Waals surface area contributed by atoms with Crippen LogP contribution >= 0.6 is 46.6 Å². The van der Waals surface area contributed by atoms with Crippen LogP contribution in [0.5, 0.6) is 5.75 Å². The molecular weight excluding hydrogens is 1190 g/mol. The molecule has 2 N–H and O–H groups in total. The number of fused-ring (bicyclic) bond motifs is 1. The molecule has 7 aromatic rings. The number of anilines is 3. The highest BCUT2D eigenvalue weighted by Crippen LogP contribution is 2.40. The second kappa shape index (κ2) is 28.2. The number of nitrogens with zero attached hydrogens (tertiary/aromatic N) is 12. The molecule has 6 aromatic heterocycles. The zero-order valence-electron chi connectivity index (χ0n) is 49.5. The van der Waals surface area contributed by atoms with Crippen molar-refractivity contribution < 1.29 is 40.9 Å². The van der Waals surface area contributed by atoms with Crippen LogP contribution in [0.2, 0.25) is 33.6 Å². The number of aryl methyl sites for hydroxylation is 5. The lowest BCUT2D eigenvalue weighted by Gasteiger charge is -2.38. The molecule has 0 radical (unpaired) electrons. The molecule has 1 saturated heterocycles. The number of carbonyl (C=O) groups is 2. The Kier molecular flexibility index (Phi) is 23.0. The molecule has 83 heavy (non-hydrogen) atoms. The summed E-state index contributed by atoms with van der Waals surface area (Å²) in [4.78, 5) is 48.8. The average molecular weight is 1260 g/mol. The highest BCUT2D eigenvalue weighted by molar-refractivity contribution is 7.98. The third-order valence-corrected chi connectivity index (χ3v) is 20.9. The molecule has 0 aliphatic carbocycles. The number of rotatable bonds is 13. The van der Waals surface area contributed by atoms with E-state index in [4.69, 9.17) is 53.3 Å². The molecule has 2 aliphatic heterocycles. The maximum atomic E-state index is 14.5. The van der Waals surface area contributed by atoms with Crippen molar-refractivity contribution in [2.75, 3.05) is 36.9 Å². The number of hydrogen-bond acceptors (Lipinski definition) is 18. The summed E-state index contributed by atoms with van der Waals surface area (Å²) in [5.74, 6) is 1.97. The highest BCUT2D eigenvalue weighted by Gasteiger charge is 2.52. The number of halogens is 4. The van der Waals surface area contributed by atoms with Gasteiger partial charge in [0.05, 0.1) is 49.9 Å². The number of carbonyl (C=O) groups excluding carboxylic acids is 2. The monoisotopic (exact) mass is 1260 g/mol. The first-order valence-corrected chi connectivity index (χ1v) is 32.8. The van der Waals surface area contributed by atoms with Crippen LogP contribution in [0.25, 0.3) is 0 Å². The van der Waals surface area contributed by atoms with Crippen LogP contribution < -0.4 is 20.8 Å². The van der Waals surface area contributed by atoms with Gasteiger partial charge in [0.2, 0.25) is 27.4 Å². The van der Waals surface area contributed by atoms with Gasteiger partial charge in [0.25, 0.3) is 0 Å². The van der Waals surface area contributed by atoms with Crippen molar-refractivity contribution in [3.05, 3.63) is 123 Å². The van der Waals surface area contributed by atoms with Crippen molar-refractivity contribution in [3.8, 4) is 5.75 Å². The molecule has 0 unspecified atom stereocenters. The lowest BCUT2D eigenvalue weighted by atomic mass is 9.81. The molecule has 448 valence electrons. The Morgan fingerprint density at radius 1 is 0.867 bits per heavy atom. The molecular formula is C53H71BCl3FN14O8S2Si. The highest BCUT2D eigenvalue weighted by atomic mass is 35.5. The number of methoxy groups -OCH3 is 1. The molecule has 2 amide bonds. The molecule has 0 bridgehead atoms. The predicted molar refractivity (Wildman–Crippen MR) is 325 cm³/mol. The van der Waals surface area contributed by atoms with Gasteiger partial charge >= 0.3 is 13.1 Å². The summed E-state index contributed by atoms with van der Waals surface area (Å²) in [5, 5.41) is 15.0. The van der Waals surface area contributed by atoms with Gasteiger partial charge in [0, 0.05) is 91.2 Å². The third kappa shape index (κ3) is 18.0. The van der Waals surface area contributed by atoms with Crippen LogP contribution in [-0.4, -0.2) is 133 Å². The van der Waals surface area contributed by atoms with Gasteiger partial charge in [-0.25, -0.2) is 47.5 Å². The van der Waals surface area contributed by atoms with E-state index in [-0.39, 0.29) is 28.0 Å². The second-order valence-corrected chi connectivity index (χ2v) is 30.2. The van der Waals surface area contributed by atoms with Crippen molar-refractivity contribution in [3.63, 3.8) is 0 Å². The van der Waals surface area contributed by atoms with E-state index in [2.05, 4.69) is 84.6 Å². The smallest absolute Gasteiger partial charge is 0.496 e. The standard InChI is InChI=1S/C27H40BFN2O5Si.C9H10ClN5.C6H7ClN2O2S.C6H7ClN2S.C5H7N3O/c1-25(2,3)37(9,10)34-17-23(18-11-20(29)14-22(12-18)33-8)31-16-21-13-19(15-30(21)24(31)32)28-35-26(4,5)27(6,7)36-28;1-6-5-11-9(14-8(6)10)13-7-3-4-12-15(7)2;1-4-3-8-6(9-5(4)7)12(2,10)11;1-4-3-8-6(10-2)9-5(4)7;1-8-5(6-4-9)2-3-7-8/h11-15,23H,16-17H2,1-10H3;3-5H,1-2H3,(H,11,13,14);3H,1-2H3;3H,1-2H3;2-4H,1H3,(H,6,9)/t23-;;;;/m1..../s1. The molecule has 1 atom stereocenters. The molecule has 8 heterocycles. The van der Waals surface area contributed by atoms with Crippen LogP contribution in [0, 0.1) is 26.6 Å². The maximum absolute atomic E-state index is 14.5. The molecule has 1 fully saturated rings. The molecule has 22 nitrogen and oxygen atoms in total. The van der Waals surface area contributed by atoms with Crippen LogP contribution in [0.1, 0.15) is 82.5 Å². The number of amides is 2. The fourth-order valence-corrected chi connectivity index (χ4v) is 9.42. The van der Waals surface area contributed by atoms with Crippen molar-refractivity contribution in [1.29, 1.82) is 0 Å². The van der Waals surface area contributed by atoms with E-state index >= 15 is 0 Å². The minimum Gasteiger partial charge on any atom is -0.497 e. The lowest BCUT2D eigenvalue weighted by Crippen LogP contribution is -2.44. The summed E-state index contributed by atoms with van der Waals surface area (Å²) in [6, 6.07) is 9.40. The van der Waals surface area contributed by atoms with Gasteiger partial charge in [-0.2, -0.15) is 10.2 Å². The zero-order valence-corrected chi connectivity index (χ0v) is 54.4. The van der Waals surface area contributed by atoms with Gasteiger partial charge in [0.15, 0.2) is 13.5 Å². The van der Waals surface area contributed by atoms with Gasteiger partial charge in [-0.05, 0) is 96.6 Å². The molecule has 9 rings (SSSR count). The van der Waals surface area contributed by atoms with E-state index < -0.39 is 48.3 Å². The Labute approximate surface area is 505 Å². The second-order valence-electron chi connectivity index (χ2n) is 21.6. The lowest BCUT2D eigenvalue weighted by molar-refractivity contribution is -0.105. The number of sulfone groups is 1. The van der Waals surface area contributed by atoms with E-state index in [1.807, 2.05) is 67.0 Å².